The molecule has 0 saturated carbocycles. The molecule has 1 rings (SSSR count). The first kappa shape index (κ1) is 29.4. The quantitative estimate of drug-likeness (QED) is 0.360. The van der Waals surface area contributed by atoms with Crippen LogP contribution in [0.3, 0.4) is 0 Å². The van der Waals surface area contributed by atoms with Gasteiger partial charge < -0.3 is 20.3 Å². The van der Waals surface area contributed by atoms with Crippen LogP contribution in [0.2, 0.25) is 0 Å². The average molecular weight is 490 g/mol. The molecule has 1 aromatic rings. The molecule has 0 bridgehead atoms. The lowest BCUT2D eigenvalue weighted by Crippen LogP contribution is -2.55. The highest BCUT2D eigenvalue weighted by molar-refractivity contribution is 7.80. The number of nitrogens with one attached hydrogen (secondary N) is 2. The molecule has 1 aromatic carbocycles. The van der Waals surface area contributed by atoms with E-state index >= 15 is 0 Å². The van der Waals surface area contributed by atoms with Crippen molar-refractivity contribution < 1.29 is 19.1 Å². The Morgan fingerprint density at radius 2 is 1.76 bits per heavy atom. The summed E-state index contributed by atoms with van der Waals surface area (Å²) in [5.74, 6) is 1.87. The van der Waals surface area contributed by atoms with Gasteiger partial charge in [0.1, 0.15) is 17.7 Å². The van der Waals surface area contributed by atoms with Crippen LogP contribution < -0.4 is 10.6 Å². The van der Waals surface area contributed by atoms with Gasteiger partial charge >= 0.3 is 6.09 Å². The van der Waals surface area contributed by atoms with E-state index < -0.39 is 35.2 Å². The van der Waals surface area contributed by atoms with Crippen molar-refractivity contribution in [1.29, 1.82) is 0 Å². The molecule has 0 spiro atoms. The Morgan fingerprint density at radius 3 is 2.26 bits per heavy atom. The molecule has 34 heavy (non-hydrogen) atoms. The van der Waals surface area contributed by atoms with Crippen molar-refractivity contribution in [1.82, 2.24) is 15.5 Å². The van der Waals surface area contributed by atoms with Crippen LogP contribution in [0.25, 0.3) is 0 Å². The second-order valence-corrected chi connectivity index (χ2v) is 10.5. The maximum absolute atomic E-state index is 13.7. The fraction of sp³-hybridized carbons (Fsp3) is 0.577. The van der Waals surface area contributed by atoms with Crippen LogP contribution >= 0.6 is 12.6 Å². The number of amides is 3. The molecule has 0 aliphatic heterocycles. The van der Waals surface area contributed by atoms with Crippen molar-refractivity contribution in [3.8, 4) is 12.3 Å². The first-order valence-electron chi connectivity index (χ1n) is 11.5. The van der Waals surface area contributed by atoms with Crippen molar-refractivity contribution in [2.45, 2.75) is 84.5 Å². The molecular weight excluding hydrogens is 450 g/mol. The number of carbonyl (C=O) groups is 3. The van der Waals surface area contributed by atoms with Crippen LogP contribution in [-0.2, 0) is 14.3 Å². The highest BCUT2D eigenvalue weighted by Gasteiger charge is 2.37. The van der Waals surface area contributed by atoms with Crippen molar-refractivity contribution in [3.05, 3.63) is 35.4 Å². The minimum atomic E-state index is -0.988. The zero-order valence-electron chi connectivity index (χ0n) is 21.4. The van der Waals surface area contributed by atoms with Gasteiger partial charge in [0.15, 0.2) is 0 Å². The SMILES string of the molecule is C#Cc1ccccc1C(C(=O)NC(C)(C)C)N(CCCC)C(=O)C(CS)NC(=O)OC(C)(C)C. The largest absolute Gasteiger partial charge is 0.444 e. The number of alkyl carbamates (subject to hydrolysis) is 1. The Hall–Kier alpha value is -2.66. The molecule has 0 radical (unpaired) electrons. The minimum absolute atomic E-state index is 0.0328. The molecule has 3 amide bonds. The molecule has 0 aliphatic carbocycles. The number of unbranched alkanes of at least 4 members (excludes halogenated alkanes) is 1. The summed E-state index contributed by atoms with van der Waals surface area (Å²) in [6.07, 6.45) is 6.47. The summed E-state index contributed by atoms with van der Waals surface area (Å²) < 4.78 is 5.32. The summed E-state index contributed by atoms with van der Waals surface area (Å²) in [4.78, 5) is 41.2. The summed E-state index contributed by atoms with van der Waals surface area (Å²) in [7, 11) is 0. The molecule has 0 aromatic heterocycles. The Kier molecular flexibility index (Phi) is 11.0. The minimum Gasteiger partial charge on any atom is -0.444 e. The lowest BCUT2D eigenvalue weighted by Gasteiger charge is -2.36. The first-order chi connectivity index (χ1) is 15.7. The summed E-state index contributed by atoms with van der Waals surface area (Å²) in [6, 6.07) is 5.10. The third-order valence-electron chi connectivity index (χ3n) is 4.68. The molecule has 0 saturated heterocycles. The lowest BCUT2D eigenvalue weighted by molar-refractivity contribution is -0.142. The second-order valence-electron chi connectivity index (χ2n) is 10.1. The number of ether oxygens (including phenoxy) is 1. The number of benzene rings is 1. The van der Waals surface area contributed by atoms with E-state index in [1.165, 1.54) is 4.90 Å². The third-order valence-corrected chi connectivity index (χ3v) is 5.04. The average Bonchev–Trinajstić information content (AvgIpc) is 2.71. The van der Waals surface area contributed by atoms with E-state index in [2.05, 4.69) is 29.2 Å². The van der Waals surface area contributed by atoms with Crippen LogP contribution in [-0.4, -0.2) is 52.3 Å². The molecule has 2 N–H and O–H groups in total. The number of hydrogen-bond donors (Lipinski definition) is 3. The number of hydrogen-bond acceptors (Lipinski definition) is 5. The van der Waals surface area contributed by atoms with Gasteiger partial charge in [-0.1, -0.05) is 37.5 Å². The van der Waals surface area contributed by atoms with Gasteiger partial charge in [-0.2, -0.15) is 12.6 Å². The molecule has 0 aliphatic rings. The van der Waals surface area contributed by atoms with Gasteiger partial charge in [0.2, 0.25) is 11.8 Å². The molecule has 7 nitrogen and oxygen atoms in total. The van der Waals surface area contributed by atoms with Gasteiger partial charge in [-0.25, -0.2) is 4.79 Å². The van der Waals surface area contributed by atoms with Gasteiger partial charge in [0.05, 0.1) is 0 Å². The first-order valence-corrected chi connectivity index (χ1v) is 12.2. The van der Waals surface area contributed by atoms with E-state index in [0.717, 1.165) is 6.42 Å². The summed E-state index contributed by atoms with van der Waals surface area (Å²) in [6.45, 7) is 13.1. The van der Waals surface area contributed by atoms with Crippen LogP contribution in [0, 0.1) is 12.3 Å². The third kappa shape index (κ3) is 9.30. The van der Waals surface area contributed by atoms with Crippen molar-refractivity contribution in [3.63, 3.8) is 0 Å². The zero-order chi connectivity index (χ0) is 26.1. The van der Waals surface area contributed by atoms with Gasteiger partial charge in [0, 0.05) is 23.4 Å². The molecule has 0 heterocycles. The Bertz CT molecular complexity index is 897. The summed E-state index contributed by atoms with van der Waals surface area (Å²) >= 11 is 4.29. The predicted octanol–water partition coefficient (Wildman–Crippen LogP) is 4.08. The van der Waals surface area contributed by atoms with Gasteiger partial charge in [-0.05, 0) is 59.6 Å². The number of carbonyl (C=O) groups excluding carboxylic acids is 3. The van der Waals surface area contributed by atoms with E-state index in [1.54, 1.807) is 45.0 Å². The highest BCUT2D eigenvalue weighted by Crippen LogP contribution is 2.27. The summed E-state index contributed by atoms with van der Waals surface area (Å²) in [5.41, 5.74) is -0.186. The van der Waals surface area contributed by atoms with Crippen LogP contribution in [0.1, 0.15) is 78.5 Å². The Balaban J connectivity index is 3.49. The molecule has 0 fully saturated rings. The Labute approximate surface area is 209 Å². The van der Waals surface area contributed by atoms with E-state index in [0.29, 0.717) is 24.1 Å². The van der Waals surface area contributed by atoms with E-state index in [9.17, 15) is 14.4 Å². The van der Waals surface area contributed by atoms with Gasteiger partial charge in [-0.15, -0.1) is 6.42 Å². The van der Waals surface area contributed by atoms with E-state index in [4.69, 9.17) is 11.2 Å². The van der Waals surface area contributed by atoms with Crippen LogP contribution in [0.4, 0.5) is 4.79 Å². The maximum Gasteiger partial charge on any atom is 0.408 e. The lowest BCUT2D eigenvalue weighted by atomic mass is 9.96. The maximum atomic E-state index is 13.7. The zero-order valence-corrected chi connectivity index (χ0v) is 22.3. The monoisotopic (exact) mass is 489 g/mol. The topological polar surface area (TPSA) is 87.7 Å². The number of nitrogens with zero attached hydrogens (tertiary/aromatic N) is 1. The highest BCUT2D eigenvalue weighted by atomic mass is 32.1. The molecule has 2 atom stereocenters. The van der Waals surface area contributed by atoms with Crippen LogP contribution in [0.15, 0.2) is 24.3 Å². The number of rotatable bonds is 9. The second kappa shape index (κ2) is 12.7. The van der Waals surface area contributed by atoms with Gasteiger partial charge in [-0.3, -0.25) is 9.59 Å². The predicted molar refractivity (Wildman–Crippen MR) is 139 cm³/mol. The number of thiol groups is 1. The summed E-state index contributed by atoms with van der Waals surface area (Å²) in [5, 5.41) is 5.58. The molecule has 2 unspecified atom stereocenters. The van der Waals surface area contributed by atoms with E-state index in [-0.39, 0.29) is 11.7 Å². The van der Waals surface area contributed by atoms with Gasteiger partial charge in [0.25, 0.3) is 0 Å². The smallest absolute Gasteiger partial charge is 0.408 e. The van der Waals surface area contributed by atoms with Crippen LogP contribution in [0.5, 0.6) is 0 Å². The van der Waals surface area contributed by atoms with Crippen molar-refractivity contribution in [2.24, 2.45) is 0 Å². The van der Waals surface area contributed by atoms with E-state index in [1.807, 2.05) is 27.7 Å². The van der Waals surface area contributed by atoms with Crippen molar-refractivity contribution in [2.75, 3.05) is 12.3 Å². The molecular formula is C26H39N3O4S. The number of terminal acetylenes is 1. The standard InChI is InChI=1S/C26H39N3O4S/c1-9-11-16-29(23(31)20(17-34)27-24(32)33-26(6,7)8)21(22(30)28-25(3,4)5)19-15-13-12-14-18(19)10-2/h2,12-15,20-21,34H,9,11,16-17H2,1,3-8H3,(H,27,32)(H,28,30). The normalized spacial score (nSPS) is 13.3. The van der Waals surface area contributed by atoms with Crippen molar-refractivity contribution >= 4 is 30.5 Å². The Morgan fingerprint density at radius 1 is 1.15 bits per heavy atom. The fourth-order valence-electron chi connectivity index (χ4n) is 3.29. The molecule has 188 valence electrons. The molecule has 8 heteroatoms. The fourth-order valence-corrected chi connectivity index (χ4v) is 3.53.